The van der Waals surface area contributed by atoms with E-state index in [2.05, 4.69) is 21.2 Å². The molecule has 104 valence electrons. The summed E-state index contributed by atoms with van der Waals surface area (Å²) in [5.74, 6) is -1.42. The van der Waals surface area contributed by atoms with E-state index in [4.69, 9.17) is 5.11 Å². The van der Waals surface area contributed by atoms with Gasteiger partial charge in [-0.05, 0) is 41.3 Å². The van der Waals surface area contributed by atoms with Gasteiger partial charge in [0, 0.05) is 23.3 Å². The quantitative estimate of drug-likeness (QED) is 0.842. The Hall–Kier alpha value is -1.30. The van der Waals surface area contributed by atoms with E-state index in [0.29, 0.717) is 24.7 Å². The Bertz CT molecular complexity index is 494. The van der Waals surface area contributed by atoms with Crippen molar-refractivity contribution in [2.75, 3.05) is 6.54 Å². The Morgan fingerprint density at radius 2 is 2.26 bits per heavy atom. The van der Waals surface area contributed by atoms with Gasteiger partial charge in [0.05, 0.1) is 5.92 Å². The van der Waals surface area contributed by atoms with Crippen LogP contribution in [0.5, 0.6) is 0 Å². The van der Waals surface area contributed by atoms with Crippen molar-refractivity contribution in [1.29, 1.82) is 0 Å². The number of nitrogens with zero attached hydrogens (tertiary/aromatic N) is 1. The number of carboxylic acids is 1. The van der Waals surface area contributed by atoms with Crippen molar-refractivity contribution < 1.29 is 14.7 Å². The maximum atomic E-state index is 12.1. The number of carbonyl (C=O) groups is 2. The average molecular weight is 329 g/mol. The minimum absolute atomic E-state index is 0.143. The van der Waals surface area contributed by atoms with Crippen LogP contribution >= 0.6 is 15.9 Å². The Morgan fingerprint density at radius 3 is 2.84 bits per heavy atom. The van der Waals surface area contributed by atoms with Crippen molar-refractivity contribution in [2.45, 2.75) is 32.2 Å². The van der Waals surface area contributed by atoms with Crippen LogP contribution in [0, 0.1) is 5.92 Å². The first-order valence-corrected chi connectivity index (χ1v) is 7.16. The standard InChI is InChI=1S/C13H17BrN2O3/c1-8(13(18)19)4-5-15-12(17)11-6-9(14)7-16(11)10-2-3-10/h6-8,10H,2-5H2,1H3,(H,15,17)(H,18,19). The number of carboxylic acid groups (broad SMARTS) is 1. The van der Waals surface area contributed by atoms with Crippen LogP contribution in [-0.4, -0.2) is 28.1 Å². The molecule has 0 saturated heterocycles. The number of halogens is 1. The van der Waals surface area contributed by atoms with Crippen LogP contribution in [0.15, 0.2) is 16.7 Å². The van der Waals surface area contributed by atoms with Crippen LogP contribution in [0.4, 0.5) is 0 Å². The van der Waals surface area contributed by atoms with Crippen molar-refractivity contribution in [2.24, 2.45) is 5.92 Å². The number of amides is 1. The Kier molecular flexibility index (Phi) is 4.29. The molecule has 1 aromatic rings. The first-order chi connectivity index (χ1) is 8.99. The molecule has 1 aliphatic carbocycles. The first kappa shape index (κ1) is 14.1. The lowest BCUT2D eigenvalue weighted by atomic mass is 10.1. The molecule has 1 unspecified atom stereocenters. The van der Waals surface area contributed by atoms with E-state index < -0.39 is 11.9 Å². The molecule has 1 aromatic heterocycles. The van der Waals surface area contributed by atoms with Crippen molar-refractivity contribution in [3.05, 3.63) is 22.4 Å². The third-order valence-corrected chi connectivity index (χ3v) is 3.71. The lowest BCUT2D eigenvalue weighted by molar-refractivity contribution is -0.141. The van der Waals surface area contributed by atoms with Crippen molar-refractivity contribution in [3.63, 3.8) is 0 Å². The van der Waals surface area contributed by atoms with Crippen LogP contribution < -0.4 is 5.32 Å². The minimum atomic E-state index is -0.835. The number of rotatable bonds is 6. The topological polar surface area (TPSA) is 71.3 Å². The molecule has 1 saturated carbocycles. The van der Waals surface area contributed by atoms with E-state index in [1.54, 1.807) is 13.0 Å². The van der Waals surface area contributed by atoms with Gasteiger partial charge in [-0.1, -0.05) is 6.92 Å². The summed E-state index contributed by atoms with van der Waals surface area (Å²) in [6, 6.07) is 2.24. The third-order valence-electron chi connectivity index (χ3n) is 3.27. The van der Waals surface area contributed by atoms with Gasteiger partial charge in [0.2, 0.25) is 0 Å². The molecular formula is C13H17BrN2O3. The zero-order valence-electron chi connectivity index (χ0n) is 10.7. The molecule has 0 spiro atoms. The number of aromatic nitrogens is 1. The highest BCUT2D eigenvalue weighted by molar-refractivity contribution is 9.10. The molecule has 2 N–H and O–H groups in total. The predicted molar refractivity (Wildman–Crippen MR) is 74.2 cm³/mol. The first-order valence-electron chi connectivity index (χ1n) is 6.37. The van der Waals surface area contributed by atoms with Gasteiger partial charge in [-0.25, -0.2) is 0 Å². The second-order valence-electron chi connectivity index (χ2n) is 4.97. The molecule has 1 amide bonds. The normalized spacial score (nSPS) is 16.1. The van der Waals surface area contributed by atoms with Crippen LogP contribution in [0.25, 0.3) is 0 Å². The average Bonchev–Trinajstić information content (AvgIpc) is 3.12. The number of aliphatic carboxylic acids is 1. The summed E-state index contributed by atoms with van der Waals surface area (Å²) in [6.45, 7) is 2.01. The minimum Gasteiger partial charge on any atom is -0.481 e. The van der Waals surface area contributed by atoms with Crippen molar-refractivity contribution in [3.8, 4) is 0 Å². The Morgan fingerprint density at radius 1 is 1.58 bits per heavy atom. The van der Waals surface area contributed by atoms with E-state index in [1.165, 1.54) is 0 Å². The zero-order valence-corrected chi connectivity index (χ0v) is 12.3. The molecule has 0 bridgehead atoms. The summed E-state index contributed by atoms with van der Waals surface area (Å²) < 4.78 is 2.88. The van der Waals surface area contributed by atoms with Gasteiger partial charge in [-0.15, -0.1) is 0 Å². The zero-order chi connectivity index (χ0) is 14.0. The van der Waals surface area contributed by atoms with Gasteiger partial charge in [-0.2, -0.15) is 0 Å². The lowest BCUT2D eigenvalue weighted by Gasteiger charge is -2.10. The van der Waals surface area contributed by atoms with Crippen LogP contribution in [0.2, 0.25) is 0 Å². The van der Waals surface area contributed by atoms with Gasteiger partial charge in [0.1, 0.15) is 5.69 Å². The molecule has 0 aromatic carbocycles. The van der Waals surface area contributed by atoms with Crippen LogP contribution in [0.1, 0.15) is 42.7 Å². The Labute approximate surface area is 120 Å². The maximum Gasteiger partial charge on any atom is 0.306 e. The van der Waals surface area contributed by atoms with Crippen LogP contribution in [0.3, 0.4) is 0 Å². The molecule has 1 heterocycles. The van der Waals surface area contributed by atoms with E-state index >= 15 is 0 Å². The third kappa shape index (κ3) is 3.59. The molecule has 1 aliphatic rings. The van der Waals surface area contributed by atoms with Gasteiger partial charge < -0.3 is 15.0 Å². The molecule has 1 fully saturated rings. The second-order valence-corrected chi connectivity index (χ2v) is 5.88. The van der Waals surface area contributed by atoms with Crippen LogP contribution in [-0.2, 0) is 4.79 Å². The monoisotopic (exact) mass is 328 g/mol. The van der Waals surface area contributed by atoms with Gasteiger partial charge in [0.15, 0.2) is 0 Å². The molecule has 19 heavy (non-hydrogen) atoms. The highest BCUT2D eigenvalue weighted by Gasteiger charge is 2.27. The molecule has 6 heteroatoms. The SMILES string of the molecule is CC(CCNC(=O)c1cc(Br)cn1C1CC1)C(=O)O. The smallest absolute Gasteiger partial charge is 0.306 e. The summed E-state index contributed by atoms with van der Waals surface area (Å²) in [7, 11) is 0. The van der Waals surface area contributed by atoms with E-state index in [-0.39, 0.29) is 5.91 Å². The summed E-state index contributed by atoms with van der Waals surface area (Å²) in [5, 5.41) is 11.5. The van der Waals surface area contributed by atoms with Crippen molar-refractivity contribution in [1.82, 2.24) is 9.88 Å². The molecule has 5 nitrogen and oxygen atoms in total. The second kappa shape index (κ2) is 5.77. The highest BCUT2D eigenvalue weighted by Crippen LogP contribution is 2.37. The summed E-state index contributed by atoms with van der Waals surface area (Å²) >= 11 is 3.38. The van der Waals surface area contributed by atoms with Gasteiger partial charge in [-0.3, -0.25) is 9.59 Å². The molecule has 0 radical (unpaired) electrons. The van der Waals surface area contributed by atoms with Crippen molar-refractivity contribution >= 4 is 27.8 Å². The molecular weight excluding hydrogens is 312 g/mol. The summed E-state index contributed by atoms with van der Waals surface area (Å²) in [5.41, 5.74) is 0.636. The number of carbonyl (C=O) groups excluding carboxylic acids is 1. The summed E-state index contributed by atoms with van der Waals surface area (Å²) in [6.07, 6.45) is 4.58. The van der Waals surface area contributed by atoms with Gasteiger partial charge in [0.25, 0.3) is 5.91 Å². The molecule has 2 rings (SSSR count). The maximum absolute atomic E-state index is 12.1. The van der Waals surface area contributed by atoms with E-state index in [9.17, 15) is 9.59 Å². The fourth-order valence-corrected chi connectivity index (χ4v) is 2.34. The van der Waals surface area contributed by atoms with Gasteiger partial charge >= 0.3 is 5.97 Å². The largest absolute Gasteiger partial charge is 0.481 e. The fraction of sp³-hybridized carbons (Fsp3) is 0.538. The lowest BCUT2D eigenvalue weighted by Crippen LogP contribution is -2.28. The summed E-state index contributed by atoms with van der Waals surface area (Å²) in [4.78, 5) is 22.7. The molecule has 0 aliphatic heterocycles. The number of nitrogens with one attached hydrogen (secondary N) is 1. The van der Waals surface area contributed by atoms with E-state index in [1.807, 2.05) is 10.8 Å². The Balaban J connectivity index is 1.91. The number of hydrogen-bond donors (Lipinski definition) is 2. The molecule has 1 atom stereocenters. The fourth-order valence-electron chi connectivity index (χ4n) is 1.90. The predicted octanol–water partition coefficient (Wildman–Crippen LogP) is 2.43. The van der Waals surface area contributed by atoms with E-state index in [0.717, 1.165) is 17.3 Å². The highest BCUT2D eigenvalue weighted by atomic mass is 79.9. The number of hydrogen-bond acceptors (Lipinski definition) is 2.